The van der Waals surface area contributed by atoms with Gasteiger partial charge in [-0.1, -0.05) is 0 Å². The van der Waals surface area contributed by atoms with Crippen LogP contribution in [0.4, 0.5) is 0 Å². The third-order valence-corrected chi connectivity index (χ3v) is 5.55. The van der Waals surface area contributed by atoms with Crippen LogP contribution in [0.25, 0.3) is 0 Å². The van der Waals surface area contributed by atoms with Crippen LogP contribution in [0.5, 0.6) is 0 Å². The van der Waals surface area contributed by atoms with Crippen molar-refractivity contribution in [1.82, 2.24) is 13.4 Å². The molecule has 1 saturated heterocycles. The molecule has 9 heteroatoms. The van der Waals surface area contributed by atoms with Gasteiger partial charge < -0.3 is 4.57 Å². The van der Waals surface area contributed by atoms with Crippen LogP contribution in [0.2, 0.25) is 0 Å². The molecule has 0 saturated carbocycles. The molecule has 0 bridgehead atoms. The Labute approximate surface area is 121 Å². The summed E-state index contributed by atoms with van der Waals surface area (Å²) in [5.41, 5.74) is -1.41. The number of sulfonamides is 1. The summed E-state index contributed by atoms with van der Waals surface area (Å²) in [5, 5.41) is 8.84. The number of nitriles is 1. The van der Waals surface area contributed by atoms with Gasteiger partial charge >= 0.3 is 5.69 Å². The highest BCUT2D eigenvalue weighted by atomic mass is 32.2. The molecule has 0 aliphatic carbocycles. The standard InChI is InChI=1S/C12H16N4O4S/c1-14-8-10(11(17)15(2)12(14)18)21(19,20)16-5-3-9(7-13)4-6-16/h8-9H,3-6H2,1-2H3. The first kappa shape index (κ1) is 15.5. The molecule has 1 aliphatic heterocycles. The van der Waals surface area contributed by atoms with E-state index in [0.717, 1.165) is 15.3 Å². The number of rotatable bonds is 2. The maximum absolute atomic E-state index is 12.5. The predicted molar refractivity (Wildman–Crippen MR) is 74.0 cm³/mol. The Bertz CT molecular complexity index is 807. The van der Waals surface area contributed by atoms with E-state index in [1.807, 2.05) is 0 Å². The maximum Gasteiger partial charge on any atom is 0.330 e. The Hall–Kier alpha value is -1.92. The SMILES string of the molecule is Cn1cc(S(=O)(=O)N2CCC(C#N)CC2)c(=O)n(C)c1=O. The van der Waals surface area contributed by atoms with E-state index < -0.39 is 26.2 Å². The summed E-state index contributed by atoms with van der Waals surface area (Å²) in [4.78, 5) is 23.2. The zero-order valence-corrected chi connectivity index (χ0v) is 12.6. The summed E-state index contributed by atoms with van der Waals surface area (Å²) in [6, 6.07) is 2.12. The minimum Gasteiger partial charge on any atom is -0.302 e. The smallest absolute Gasteiger partial charge is 0.302 e. The van der Waals surface area contributed by atoms with Crippen molar-refractivity contribution in [3.05, 3.63) is 27.0 Å². The van der Waals surface area contributed by atoms with E-state index >= 15 is 0 Å². The first-order chi connectivity index (χ1) is 9.78. The van der Waals surface area contributed by atoms with Crippen molar-refractivity contribution in [1.29, 1.82) is 5.26 Å². The lowest BCUT2D eigenvalue weighted by molar-refractivity contribution is 0.309. The van der Waals surface area contributed by atoms with Gasteiger partial charge in [0.05, 0.1) is 6.07 Å². The minimum atomic E-state index is -3.96. The summed E-state index contributed by atoms with van der Waals surface area (Å²) >= 11 is 0. The summed E-state index contributed by atoms with van der Waals surface area (Å²) in [7, 11) is -1.32. The molecule has 1 aromatic heterocycles. The van der Waals surface area contributed by atoms with Crippen molar-refractivity contribution in [2.45, 2.75) is 17.7 Å². The van der Waals surface area contributed by atoms with E-state index in [-0.39, 0.29) is 19.0 Å². The molecule has 0 amide bonds. The molecule has 1 fully saturated rings. The lowest BCUT2D eigenvalue weighted by atomic mass is 10.0. The predicted octanol–water partition coefficient (Wildman–Crippen LogP) is -0.992. The third kappa shape index (κ3) is 2.64. The van der Waals surface area contributed by atoms with Crippen LogP contribution in [0.3, 0.4) is 0 Å². The van der Waals surface area contributed by atoms with Gasteiger partial charge in [0, 0.05) is 39.3 Å². The highest BCUT2D eigenvalue weighted by molar-refractivity contribution is 7.89. The van der Waals surface area contributed by atoms with Gasteiger partial charge in [-0.2, -0.15) is 9.57 Å². The molecule has 1 aliphatic rings. The number of piperidine rings is 1. The number of hydrogen-bond acceptors (Lipinski definition) is 5. The summed E-state index contributed by atoms with van der Waals surface area (Å²) in [6.45, 7) is 0.402. The number of aromatic nitrogens is 2. The van der Waals surface area contributed by atoms with Crippen molar-refractivity contribution < 1.29 is 8.42 Å². The van der Waals surface area contributed by atoms with Crippen LogP contribution in [0, 0.1) is 17.2 Å². The largest absolute Gasteiger partial charge is 0.330 e. The van der Waals surface area contributed by atoms with Crippen LogP contribution < -0.4 is 11.2 Å². The van der Waals surface area contributed by atoms with Gasteiger partial charge in [0.2, 0.25) is 10.0 Å². The molecular weight excluding hydrogens is 296 g/mol. The van der Waals surface area contributed by atoms with Gasteiger partial charge in [-0.05, 0) is 12.8 Å². The van der Waals surface area contributed by atoms with Gasteiger partial charge in [0.1, 0.15) is 0 Å². The minimum absolute atomic E-state index is 0.153. The maximum atomic E-state index is 12.5. The fourth-order valence-corrected chi connectivity index (χ4v) is 3.93. The molecule has 0 atom stereocenters. The van der Waals surface area contributed by atoms with Crippen LogP contribution in [-0.2, 0) is 24.1 Å². The molecular formula is C12H16N4O4S. The Balaban J connectivity index is 2.45. The average Bonchev–Trinajstić information content (AvgIpc) is 2.48. The second kappa shape index (κ2) is 5.46. The van der Waals surface area contributed by atoms with Crippen molar-refractivity contribution in [2.75, 3.05) is 13.1 Å². The first-order valence-electron chi connectivity index (χ1n) is 6.45. The van der Waals surface area contributed by atoms with Crippen molar-refractivity contribution >= 4 is 10.0 Å². The number of aryl methyl sites for hydroxylation is 1. The molecule has 0 aromatic carbocycles. The van der Waals surface area contributed by atoms with Gasteiger partial charge in [-0.3, -0.25) is 9.36 Å². The highest BCUT2D eigenvalue weighted by Crippen LogP contribution is 2.21. The van der Waals surface area contributed by atoms with Gasteiger partial charge in [0.15, 0.2) is 4.90 Å². The Morgan fingerprint density at radius 2 is 1.81 bits per heavy atom. The van der Waals surface area contributed by atoms with Gasteiger partial charge in [0.25, 0.3) is 5.56 Å². The van der Waals surface area contributed by atoms with Gasteiger partial charge in [-0.15, -0.1) is 0 Å². The molecule has 21 heavy (non-hydrogen) atoms. The van der Waals surface area contributed by atoms with Crippen LogP contribution in [0.1, 0.15) is 12.8 Å². The molecule has 0 spiro atoms. The van der Waals surface area contributed by atoms with Crippen LogP contribution >= 0.6 is 0 Å². The molecule has 1 aromatic rings. The van der Waals surface area contributed by atoms with Crippen LogP contribution in [-0.4, -0.2) is 34.9 Å². The Morgan fingerprint density at radius 3 is 2.33 bits per heavy atom. The topological polar surface area (TPSA) is 105 Å². The molecule has 0 unspecified atom stereocenters. The fraction of sp³-hybridized carbons (Fsp3) is 0.583. The average molecular weight is 312 g/mol. The fourth-order valence-electron chi connectivity index (χ4n) is 2.32. The van der Waals surface area contributed by atoms with E-state index in [1.54, 1.807) is 0 Å². The molecule has 0 radical (unpaired) electrons. The molecule has 8 nitrogen and oxygen atoms in total. The number of nitrogens with zero attached hydrogens (tertiary/aromatic N) is 4. The lowest BCUT2D eigenvalue weighted by Crippen LogP contribution is -2.44. The summed E-state index contributed by atoms with van der Waals surface area (Å²) in [6.07, 6.45) is 1.94. The first-order valence-corrected chi connectivity index (χ1v) is 7.89. The summed E-state index contributed by atoms with van der Waals surface area (Å²) in [5.74, 6) is -0.153. The Kier molecular flexibility index (Phi) is 4.02. The van der Waals surface area contributed by atoms with E-state index in [0.29, 0.717) is 12.8 Å². The quantitative estimate of drug-likeness (QED) is 0.697. The molecule has 2 heterocycles. The molecule has 0 N–H and O–H groups in total. The molecule has 114 valence electrons. The van der Waals surface area contributed by atoms with Crippen LogP contribution in [0.15, 0.2) is 20.7 Å². The zero-order chi connectivity index (χ0) is 15.8. The van der Waals surface area contributed by atoms with E-state index in [9.17, 15) is 18.0 Å². The van der Waals surface area contributed by atoms with E-state index in [2.05, 4.69) is 6.07 Å². The van der Waals surface area contributed by atoms with E-state index in [4.69, 9.17) is 5.26 Å². The van der Waals surface area contributed by atoms with Crippen molar-refractivity contribution in [3.8, 4) is 6.07 Å². The van der Waals surface area contributed by atoms with Crippen molar-refractivity contribution in [2.24, 2.45) is 20.0 Å². The highest BCUT2D eigenvalue weighted by Gasteiger charge is 2.32. The third-order valence-electron chi connectivity index (χ3n) is 3.67. The second-order valence-electron chi connectivity index (χ2n) is 5.06. The Morgan fingerprint density at radius 1 is 1.24 bits per heavy atom. The monoisotopic (exact) mass is 312 g/mol. The van der Waals surface area contributed by atoms with Crippen molar-refractivity contribution in [3.63, 3.8) is 0 Å². The van der Waals surface area contributed by atoms with Gasteiger partial charge in [-0.25, -0.2) is 13.2 Å². The second-order valence-corrected chi connectivity index (χ2v) is 6.96. The number of hydrogen-bond donors (Lipinski definition) is 0. The lowest BCUT2D eigenvalue weighted by Gasteiger charge is -2.28. The van der Waals surface area contributed by atoms with E-state index in [1.165, 1.54) is 18.4 Å². The zero-order valence-electron chi connectivity index (χ0n) is 11.8. The normalized spacial score (nSPS) is 17.6. The molecule has 2 rings (SSSR count). The summed E-state index contributed by atoms with van der Waals surface area (Å²) < 4.78 is 28.1.